The number of unbranched alkanes of at least 4 members (excludes halogenated alkanes) is 2. The molecule has 0 spiro atoms. The molecule has 0 aromatic heterocycles. The van der Waals surface area contributed by atoms with E-state index in [-0.39, 0.29) is 13.0 Å². The predicted octanol–water partition coefficient (Wildman–Crippen LogP) is 7.71. The number of halogens is 2. The van der Waals surface area contributed by atoms with Crippen LogP contribution in [0.1, 0.15) is 69.2 Å². The van der Waals surface area contributed by atoms with Gasteiger partial charge in [-0.05, 0) is 60.6 Å². The molecule has 0 heterocycles. The summed E-state index contributed by atoms with van der Waals surface area (Å²) in [4.78, 5) is 0. The van der Waals surface area contributed by atoms with E-state index in [2.05, 4.69) is 31.9 Å². The van der Waals surface area contributed by atoms with Gasteiger partial charge in [-0.25, -0.2) is 0 Å². The number of hydrogen-bond donors (Lipinski definition) is 0. The molecular formula is C26H32F2. The predicted molar refractivity (Wildman–Crippen MR) is 118 cm³/mol. The first kappa shape index (κ1) is 23.6. The van der Waals surface area contributed by atoms with Crippen LogP contribution in [0.25, 0.3) is 5.57 Å². The van der Waals surface area contributed by atoms with Gasteiger partial charge in [0, 0.05) is 11.1 Å². The van der Waals surface area contributed by atoms with Crippen molar-refractivity contribution in [2.24, 2.45) is 0 Å². The summed E-state index contributed by atoms with van der Waals surface area (Å²) in [5.74, 6) is -0.0376. The van der Waals surface area contributed by atoms with Crippen molar-refractivity contribution in [2.45, 2.75) is 65.7 Å². The molecule has 0 atom stereocenters. The number of benzene rings is 2. The molecule has 3 rings (SSSR count). The van der Waals surface area contributed by atoms with Crippen LogP contribution in [0.5, 0.6) is 0 Å². The van der Waals surface area contributed by atoms with Gasteiger partial charge < -0.3 is 0 Å². The lowest BCUT2D eigenvalue weighted by atomic mass is 10.1. The van der Waals surface area contributed by atoms with Gasteiger partial charge in [0.05, 0.1) is 0 Å². The molecule has 0 bridgehead atoms. The van der Waals surface area contributed by atoms with Gasteiger partial charge in [0.15, 0.2) is 0 Å². The zero-order valence-electron chi connectivity index (χ0n) is 16.3. The Labute approximate surface area is 169 Å². The number of allylic oxidation sites excluding steroid dienone is 2. The summed E-state index contributed by atoms with van der Waals surface area (Å²) in [7, 11) is 0. The molecule has 2 aromatic rings. The number of alkyl halides is 2. The van der Waals surface area contributed by atoms with Crippen LogP contribution in [0, 0.1) is 12.3 Å². The Hall–Kier alpha value is -2.40. The van der Waals surface area contributed by atoms with Crippen LogP contribution in [-0.2, 0) is 12.8 Å². The third-order valence-corrected chi connectivity index (χ3v) is 4.62. The number of hydrogen-bond acceptors (Lipinski definition) is 0. The van der Waals surface area contributed by atoms with E-state index >= 15 is 0 Å². The van der Waals surface area contributed by atoms with Crippen molar-refractivity contribution in [1.29, 1.82) is 0 Å². The van der Waals surface area contributed by atoms with Crippen molar-refractivity contribution < 1.29 is 8.78 Å². The average molecular weight is 383 g/mol. The van der Waals surface area contributed by atoms with E-state index in [0.29, 0.717) is 5.56 Å². The summed E-state index contributed by atoms with van der Waals surface area (Å²) in [5.41, 5.74) is 4.40. The van der Waals surface area contributed by atoms with Gasteiger partial charge in [-0.2, -0.15) is 8.78 Å². The van der Waals surface area contributed by atoms with E-state index in [1.54, 1.807) is 12.1 Å². The second-order valence-electron chi connectivity index (χ2n) is 6.93. The molecule has 0 fully saturated rings. The first-order valence-electron chi connectivity index (χ1n) is 9.76. The van der Waals surface area contributed by atoms with Crippen molar-refractivity contribution in [2.75, 3.05) is 0 Å². The Kier molecular flexibility index (Phi) is 9.66. The highest BCUT2D eigenvalue weighted by Crippen LogP contribution is 2.47. The lowest BCUT2D eigenvalue weighted by Gasteiger charge is -2.02. The fourth-order valence-electron chi connectivity index (χ4n) is 2.80. The van der Waals surface area contributed by atoms with Gasteiger partial charge >= 0.3 is 0 Å². The molecule has 0 amide bonds. The van der Waals surface area contributed by atoms with E-state index < -0.39 is 5.92 Å². The quantitative estimate of drug-likeness (QED) is 0.430. The second kappa shape index (κ2) is 11.4. The second-order valence-corrected chi connectivity index (χ2v) is 6.93. The molecule has 0 saturated heterocycles. The van der Waals surface area contributed by atoms with Crippen LogP contribution < -0.4 is 0 Å². The van der Waals surface area contributed by atoms with Crippen molar-refractivity contribution in [3.63, 3.8) is 0 Å². The highest BCUT2D eigenvalue weighted by atomic mass is 19.3. The number of aryl methyl sites for hydroxylation is 2. The zero-order chi connectivity index (χ0) is 19.7. The maximum Gasteiger partial charge on any atom is 0.292 e. The number of terminal acetylenes is 1. The van der Waals surface area contributed by atoms with Crippen LogP contribution in [0.4, 0.5) is 8.78 Å². The standard InChI is InChI=1S/C13H14F2.C12H14.CH4/c1-2-3-4-10-5-7-11(8-6-10)12-9-13(12,14)15;1-3-5-6-12-9-7-11(4-2)8-10-12;/h5-9H,2-4H2,1H3;2,7-10H,3,5-6H2,1H3;1H4. The minimum atomic E-state index is -2.65. The third kappa shape index (κ3) is 7.31. The summed E-state index contributed by atoms with van der Waals surface area (Å²) in [6.07, 6.45) is 13.3. The first-order valence-corrected chi connectivity index (χ1v) is 9.76. The van der Waals surface area contributed by atoms with Crippen LogP contribution >= 0.6 is 0 Å². The molecule has 2 aromatic carbocycles. The molecule has 1 aliphatic carbocycles. The highest BCUT2D eigenvalue weighted by Gasteiger charge is 2.45. The average Bonchev–Trinajstić information content (AvgIpc) is 3.34. The molecule has 28 heavy (non-hydrogen) atoms. The summed E-state index contributed by atoms with van der Waals surface area (Å²) >= 11 is 0. The number of rotatable bonds is 7. The monoisotopic (exact) mass is 382 g/mol. The van der Waals surface area contributed by atoms with Gasteiger partial charge in [-0.1, -0.05) is 76.4 Å². The molecule has 0 nitrogen and oxygen atoms in total. The minimum absolute atomic E-state index is 0. The summed E-state index contributed by atoms with van der Waals surface area (Å²) in [5, 5.41) is 0. The molecule has 0 N–H and O–H groups in total. The van der Waals surface area contributed by atoms with E-state index in [4.69, 9.17) is 6.42 Å². The fourth-order valence-corrected chi connectivity index (χ4v) is 2.80. The molecule has 2 heteroatoms. The van der Waals surface area contributed by atoms with Crippen LogP contribution in [0.15, 0.2) is 54.6 Å². The molecular weight excluding hydrogens is 350 g/mol. The van der Waals surface area contributed by atoms with Gasteiger partial charge in [0.1, 0.15) is 0 Å². The third-order valence-electron chi connectivity index (χ3n) is 4.62. The Morgan fingerprint density at radius 3 is 1.61 bits per heavy atom. The van der Waals surface area contributed by atoms with E-state index in [1.165, 1.54) is 30.4 Å². The summed E-state index contributed by atoms with van der Waals surface area (Å²) < 4.78 is 25.4. The summed E-state index contributed by atoms with van der Waals surface area (Å²) in [6, 6.07) is 15.7. The molecule has 0 saturated carbocycles. The smallest absolute Gasteiger partial charge is 0.196 e. The van der Waals surface area contributed by atoms with Gasteiger partial charge in [-0.15, -0.1) is 6.42 Å². The minimum Gasteiger partial charge on any atom is -0.196 e. The van der Waals surface area contributed by atoms with Crippen LogP contribution in [0.2, 0.25) is 0 Å². The largest absolute Gasteiger partial charge is 0.292 e. The fraction of sp³-hybridized carbons (Fsp3) is 0.385. The van der Waals surface area contributed by atoms with E-state index in [9.17, 15) is 8.78 Å². The Balaban J connectivity index is 0.000000277. The summed E-state index contributed by atoms with van der Waals surface area (Å²) in [6.45, 7) is 4.35. The Morgan fingerprint density at radius 2 is 1.25 bits per heavy atom. The van der Waals surface area contributed by atoms with Crippen molar-refractivity contribution in [3.05, 3.63) is 76.9 Å². The van der Waals surface area contributed by atoms with Crippen molar-refractivity contribution >= 4 is 5.57 Å². The topological polar surface area (TPSA) is 0 Å². The molecule has 150 valence electrons. The molecule has 0 aliphatic heterocycles. The van der Waals surface area contributed by atoms with Gasteiger partial charge in [-0.3, -0.25) is 0 Å². The van der Waals surface area contributed by atoms with Crippen molar-refractivity contribution in [3.8, 4) is 12.3 Å². The van der Waals surface area contributed by atoms with E-state index in [0.717, 1.165) is 30.9 Å². The first-order chi connectivity index (χ1) is 13.0. The van der Waals surface area contributed by atoms with Crippen molar-refractivity contribution in [1.82, 2.24) is 0 Å². The van der Waals surface area contributed by atoms with Gasteiger partial charge in [0.25, 0.3) is 5.92 Å². The maximum atomic E-state index is 12.7. The van der Waals surface area contributed by atoms with E-state index in [1.807, 2.05) is 24.3 Å². The van der Waals surface area contributed by atoms with Crippen LogP contribution in [-0.4, -0.2) is 5.92 Å². The van der Waals surface area contributed by atoms with Gasteiger partial charge in [0.2, 0.25) is 0 Å². The zero-order valence-corrected chi connectivity index (χ0v) is 16.3. The molecule has 0 radical (unpaired) electrons. The highest BCUT2D eigenvalue weighted by molar-refractivity contribution is 5.85. The Bertz CT molecular complexity index is 775. The normalized spacial score (nSPS) is 13.3. The SMILES string of the molecule is C.C#Cc1ccc(CCCC)cc1.CCCCc1ccc(C2=CC2(F)F)cc1. The van der Waals surface area contributed by atoms with Crippen LogP contribution in [0.3, 0.4) is 0 Å². The molecule has 1 aliphatic rings. The lowest BCUT2D eigenvalue weighted by molar-refractivity contribution is 0.159. The molecule has 0 unspecified atom stereocenters. The Morgan fingerprint density at radius 1 is 0.821 bits per heavy atom. The lowest BCUT2D eigenvalue weighted by Crippen LogP contribution is -1.93. The maximum absolute atomic E-state index is 12.7.